The smallest absolute Gasteiger partial charge is 0.201 e. The van der Waals surface area contributed by atoms with Gasteiger partial charge in [0, 0.05) is 27.8 Å². The second-order valence-electron chi connectivity index (χ2n) is 7.76. The molecule has 196 valence electrons. The molecule has 0 spiro atoms. The van der Waals surface area contributed by atoms with Crippen LogP contribution in [0.2, 0.25) is 0 Å². The molecular weight excluding hydrogens is 492 g/mol. The molecule has 0 unspecified atom stereocenters. The van der Waals surface area contributed by atoms with Gasteiger partial charge in [0.2, 0.25) is 5.78 Å². The first kappa shape index (κ1) is 29.6. The van der Waals surface area contributed by atoms with Crippen molar-refractivity contribution >= 4 is 47.8 Å². The number of ketones is 1. The van der Waals surface area contributed by atoms with Gasteiger partial charge in [0.15, 0.2) is 5.82 Å². The van der Waals surface area contributed by atoms with Crippen LogP contribution < -0.4 is 4.72 Å². The van der Waals surface area contributed by atoms with Gasteiger partial charge in [-0.05, 0) is 69.8 Å². The van der Waals surface area contributed by atoms with Gasteiger partial charge in [0.25, 0.3) is 0 Å². The minimum atomic E-state index is -0.970. The van der Waals surface area contributed by atoms with E-state index in [2.05, 4.69) is 35.3 Å². The molecule has 1 heterocycles. The van der Waals surface area contributed by atoms with Crippen LogP contribution in [0.1, 0.15) is 68.1 Å². The number of carbonyl (C=O) groups is 1. The van der Waals surface area contributed by atoms with Crippen LogP contribution in [-0.4, -0.2) is 24.1 Å². The van der Waals surface area contributed by atoms with Crippen LogP contribution in [0.5, 0.6) is 0 Å². The molecule has 0 aliphatic carbocycles. The lowest BCUT2D eigenvalue weighted by Gasteiger charge is -2.12. The van der Waals surface area contributed by atoms with Gasteiger partial charge in [-0.25, -0.2) is 13.8 Å². The summed E-state index contributed by atoms with van der Waals surface area (Å²) in [4.78, 5) is 20.5. The number of aromatic nitrogens is 1. The minimum absolute atomic E-state index is 0.00697. The molecule has 37 heavy (non-hydrogen) atoms. The molecule has 5 nitrogen and oxygen atoms in total. The summed E-state index contributed by atoms with van der Waals surface area (Å²) in [5, 5.41) is 0. The van der Waals surface area contributed by atoms with Gasteiger partial charge in [-0.3, -0.25) is 4.79 Å². The van der Waals surface area contributed by atoms with Gasteiger partial charge < -0.3 is 14.4 Å². The first-order chi connectivity index (χ1) is 17.9. The number of allylic oxidation sites excluding steroid dienone is 2. The van der Waals surface area contributed by atoms with Crippen LogP contribution in [0.4, 0.5) is 20.3 Å². The fourth-order valence-corrected chi connectivity index (χ4v) is 4.00. The summed E-state index contributed by atoms with van der Waals surface area (Å²) in [6.07, 6.45) is 7.85. The molecule has 0 aliphatic rings. The van der Waals surface area contributed by atoms with E-state index in [1.165, 1.54) is 18.7 Å². The van der Waals surface area contributed by atoms with Gasteiger partial charge in [-0.2, -0.15) is 0 Å². The van der Waals surface area contributed by atoms with Crippen molar-refractivity contribution in [3.8, 4) is 0 Å². The highest BCUT2D eigenvalue weighted by molar-refractivity contribution is 8.00. The number of nitrogens with one attached hydrogen (secondary N) is 2. The Morgan fingerprint density at radius 1 is 1.14 bits per heavy atom. The maximum absolute atomic E-state index is 15.3. The second kappa shape index (κ2) is 14.8. The highest BCUT2D eigenvalue weighted by Gasteiger charge is 2.25. The molecule has 0 amide bonds. The van der Waals surface area contributed by atoms with Crippen molar-refractivity contribution in [1.29, 1.82) is 0 Å². The highest BCUT2D eigenvalue weighted by atomic mass is 32.2. The Kier molecular flexibility index (Phi) is 11.8. The molecule has 0 saturated carbocycles. The number of nitrogens with zero attached hydrogens (tertiary/aromatic N) is 1. The number of hydrogen-bond acceptors (Lipinski definition) is 5. The van der Waals surface area contributed by atoms with Gasteiger partial charge in [-0.1, -0.05) is 44.6 Å². The van der Waals surface area contributed by atoms with E-state index >= 15 is 4.39 Å². The number of aromatic amines is 1. The Morgan fingerprint density at radius 2 is 1.81 bits per heavy atom. The highest BCUT2D eigenvalue weighted by Crippen LogP contribution is 2.31. The molecule has 1 aromatic heterocycles. The summed E-state index contributed by atoms with van der Waals surface area (Å²) in [6.45, 7) is 13.8. The van der Waals surface area contributed by atoms with Crippen LogP contribution in [-0.2, 0) is 4.74 Å². The zero-order valence-electron chi connectivity index (χ0n) is 21.8. The van der Waals surface area contributed by atoms with Crippen molar-refractivity contribution in [2.24, 2.45) is 4.99 Å². The van der Waals surface area contributed by atoms with Crippen LogP contribution in [0.25, 0.3) is 11.8 Å². The van der Waals surface area contributed by atoms with Gasteiger partial charge in [0.05, 0.1) is 17.9 Å². The Morgan fingerprint density at radius 3 is 2.38 bits per heavy atom. The maximum atomic E-state index is 15.3. The Bertz CT molecular complexity index is 1260. The van der Waals surface area contributed by atoms with E-state index in [4.69, 9.17) is 4.74 Å². The number of benzene rings is 2. The number of anilines is 1. The van der Waals surface area contributed by atoms with E-state index in [1.54, 1.807) is 19.1 Å². The van der Waals surface area contributed by atoms with Crippen molar-refractivity contribution in [2.45, 2.75) is 45.9 Å². The number of carbonyl (C=O) groups excluding carboxylic acids is 1. The average molecular weight is 526 g/mol. The zero-order valence-corrected chi connectivity index (χ0v) is 22.6. The summed E-state index contributed by atoms with van der Waals surface area (Å²) >= 11 is 1.15. The lowest BCUT2D eigenvalue weighted by Crippen LogP contribution is -2.09. The van der Waals surface area contributed by atoms with Gasteiger partial charge in [-0.15, -0.1) is 0 Å². The predicted octanol–water partition coefficient (Wildman–Crippen LogP) is 8.82. The van der Waals surface area contributed by atoms with Crippen LogP contribution in [0.15, 0.2) is 64.6 Å². The Balaban J connectivity index is 0.00000153. The van der Waals surface area contributed by atoms with Crippen molar-refractivity contribution in [1.82, 2.24) is 4.98 Å². The normalized spacial score (nSPS) is 11.2. The number of halogens is 2. The third kappa shape index (κ3) is 7.43. The molecule has 0 radical (unpaired) electrons. The molecule has 0 aliphatic heterocycles. The van der Waals surface area contributed by atoms with E-state index in [1.807, 2.05) is 44.2 Å². The fourth-order valence-electron chi connectivity index (χ4n) is 3.34. The summed E-state index contributed by atoms with van der Waals surface area (Å²) in [6, 6.07) is 9.83. The SMILES string of the molecule is C=Nc1[nH]cc(C(=O)c2c(F)ccc(NSc3ccc(/C(=C/C)OCC)cc3)c2F)c1/C=C\C.CCC. The molecule has 8 heteroatoms. The van der Waals surface area contributed by atoms with Gasteiger partial charge >= 0.3 is 0 Å². The number of H-pyrrole nitrogens is 1. The van der Waals surface area contributed by atoms with Crippen molar-refractivity contribution in [2.75, 3.05) is 11.3 Å². The molecule has 2 aromatic carbocycles. The van der Waals surface area contributed by atoms with Crippen molar-refractivity contribution in [3.63, 3.8) is 0 Å². The van der Waals surface area contributed by atoms with E-state index in [0.717, 1.165) is 34.2 Å². The van der Waals surface area contributed by atoms with Crippen LogP contribution in [0, 0.1) is 11.6 Å². The van der Waals surface area contributed by atoms with E-state index in [0.29, 0.717) is 18.0 Å². The molecule has 3 aromatic rings. The number of hydrogen-bond donors (Lipinski definition) is 2. The number of rotatable bonds is 10. The van der Waals surface area contributed by atoms with Crippen molar-refractivity contribution < 1.29 is 18.3 Å². The third-order valence-corrected chi connectivity index (χ3v) is 5.76. The summed E-state index contributed by atoms with van der Waals surface area (Å²) in [7, 11) is 0. The fraction of sp³-hybridized carbons (Fsp3) is 0.241. The Labute approximate surface area is 221 Å². The van der Waals surface area contributed by atoms with Crippen LogP contribution >= 0.6 is 11.9 Å². The minimum Gasteiger partial charge on any atom is -0.494 e. The topological polar surface area (TPSA) is 66.5 Å². The standard InChI is InChI=1S/C26H25F2N3O2S.C3H8/c1-5-8-18-19(15-30-26(18)29-4)25(32)23-20(27)13-14-21(24(23)28)31-34-17-11-9-16(10-12-17)22(6-2)33-7-3;1-3-2/h5-6,8-15,30-31H,4,7H2,1-3H3;3H2,1-2H3/b8-5-,22-6-;. The van der Waals surface area contributed by atoms with E-state index in [9.17, 15) is 9.18 Å². The van der Waals surface area contributed by atoms with Crippen LogP contribution in [0.3, 0.4) is 0 Å². The second-order valence-corrected chi connectivity index (χ2v) is 8.64. The van der Waals surface area contributed by atoms with E-state index < -0.39 is 23.0 Å². The third-order valence-electron chi connectivity index (χ3n) is 4.93. The lowest BCUT2D eigenvalue weighted by molar-refractivity contribution is 0.103. The average Bonchev–Trinajstić information content (AvgIpc) is 3.30. The predicted molar refractivity (Wildman–Crippen MR) is 152 cm³/mol. The monoisotopic (exact) mass is 525 g/mol. The molecule has 0 fully saturated rings. The largest absolute Gasteiger partial charge is 0.494 e. The maximum Gasteiger partial charge on any atom is 0.201 e. The lowest BCUT2D eigenvalue weighted by atomic mass is 10.00. The van der Waals surface area contributed by atoms with E-state index in [-0.39, 0.29) is 11.3 Å². The van der Waals surface area contributed by atoms with Crippen molar-refractivity contribution in [3.05, 3.63) is 88.6 Å². The number of ether oxygens (including phenoxy) is 1. The number of aliphatic imine (C=N–C) groups is 1. The zero-order chi connectivity index (χ0) is 27.4. The molecule has 0 saturated heterocycles. The molecule has 3 rings (SSSR count). The summed E-state index contributed by atoms with van der Waals surface area (Å²) < 4.78 is 38.3. The first-order valence-electron chi connectivity index (χ1n) is 12.0. The molecule has 2 N–H and O–H groups in total. The molecule has 0 bridgehead atoms. The summed E-state index contributed by atoms with van der Waals surface area (Å²) in [5.41, 5.74) is 0.795. The summed E-state index contributed by atoms with van der Waals surface area (Å²) in [5.74, 6) is -1.58. The first-order valence-corrected chi connectivity index (χ1v) is 12.8. The molecular formula is C29H33F2N3O2S. The Hall–Kier alpha value is -3.65. The quantitative estimate of drug-likeness (QED) is 0.120. The van der Waals surface area contributed by atoms with Gasteiger partial charge in [0.1, 0.15) is 17.4 Å². The molecule has 0 atom stereocenters.